The molecule has 100 valence electrons. The molecule has 0 unspecified atom stereocenters. The summed E-state index contributed by atoms with van der Waals surface area (Å²) in [4.78, 5) is 17.3. The zero-order valence-corrected chi connectivity index (χ0v) is 12.0. The van der Waals surface area contributed by atoms with Gasteiger partial charge in [0, 0.05) is 10.6 Å². The Bertz CT molecular complexity index is 600. The fourth-order valence-electron chi connectivity index (χ4n) is 1.58. The number of carbonyl (C=O) groups is 1. The van der Waals surface area contributed by atoms with Crippen LogP contribution in [0.5, 0.6) is 0 Å². The van der Waals surface area contributed by atoms with Crippen LogP contribution in [0.25, 0.3) is 0 Å². The maximum Gasteiger partial charge on any atom is 0.338 e. The van der Waals surface area contributed by atoms with Gasteiger partial charge in [0.05, 0.1) is 11.3 Å². The van der Waals surface area contributed by atoms with E-state index in [1.54, 1.807) is 23.5 Å². The lowest BCUT2D eigenvalue weighted by Crippen LogP contribution is -2.06. The molecule has 2 N–H and O–H groups in total. The van der Waals surface area contributed by atoms with Crippen LogP contribution >= 0.6 is 11.3 Å². The number of rotatable bonds is 3. The van der Waals surface area contributed by atoms with Crippen LogP contribution in [0.2, 0.25) is 0 Å². The average Bonchev–Trinajstić information content (AvgIpc) is 2.69. The van der Waals surface area contributed by atoms with Crippen molar-refractivity contribution in [3.8, 4) is 0 Å². The second kappa shape index (κ2) is 5.40. The largest absolute Gasteiger partial charge is 0.455 e. The van der Waals surface area contributed by atoms with Crippen LogP contribution in [-0.4, -0.2) is 11.0 Å². The first-order valence-electron chi connectivity index (χ1n) is 5.93. The predicted molar refractivity (Wildman–Crippen MR) is 76.3 cm³/mol. The molecule has 19 heavy (non-hydrogen) atoms. The Morgan fingerprint density at radius 2 is 2.11 bits per heavy atom. The molecule has 0 aliphatic carbocycles. The number of ether oxygens (including phenoxy) is 1. The second-order valence-corrected chi connectivity index (χ2v) is 5.68. The summed E-state index contributed by atoms with van der Waals surface area (Å²) in [7, 11) is 0. The zero-order valence-electron chi connectivity index (χ0n) is 11.2. The lowest BCUT2D eigenvalue weighted by atomic mass is 10.1. The minimum Gasteiger partial charge on any atom is -0.455 e. The van der Waals surface area contributed by atoms with Crippen LogP contribution in [0.3, 0.4) is 0 Å². The summed E-state index contributed by atoms with van der Waals surface area (Å²) >= 11 is 1.54. The lowest BCUT2D eigenvalue weighted by Gasteiger charge is -2.05. The minimum atomic E-state index is -0.378. The molecule has 1 aromatic heterocycles. The molecule has 2 rings (SSSR count). The highest BCUT2D eigenvalue weighted by molar-refractivity contribution is 7.11. The van der Waals surface area contributed by atoms with Gasteiger partial charge in [-0.15, -0.1) is 11.3 Å². The SMILES string of the molecule is Cc1ccc(C(=O)OCc2nc(C)c(C)s2)cc1N. The Morgan fingerprint density at radius 3 is 2.68 bits per heavy atom. The average molecular weight is 276 g/mol. The van der Waals surface area contributed by atoms with E-state index in [1.165, 1.54) is 0 Å². The van der Waals surface area contributed by atoms with E-state index < -0.39 is 0 Å². The number of thiazole rings is 1. The number of aryl methyl sites for hydroxylation is 3. The second-order valence-electron chi connectivity index (χ2n) is 4.40. The van der Waals surface area contributed by atoms with Gasteiger partial charge in [0.1, 0.15) is 11.6 Å². The molecular weight excluding hydrogens is 260 g/mol. The predicted octanol–water partition coefficient (Wildman–Crippen LogP) is 3.01. The molecular formula is C14H16N2O2S. The molecule has 4 nitrogen and oxygen atoms in total. The first kappa shape index (κ1) is 13.5. The highest BCUT2D eigenvalue weighted by atomic mass is 32.1. The highest BCUT2D eigenvalue weighted by Crippen LogP contribution is 2.18. The Morgan fingerprint density at radius 1 is 1.37 bits per heavy atom. The van der Waals surface area contributed by atoms with E-state index in [2.05, 4.69) is 4.98 Å². The lowest BCUT2D eigenvalue weighted by molar-refractivity contribution is 0.0472. The third-order valence-electron chi connectivity index (χ3n) is 2.91. The summed E-state index contributed by atoms with van der Waals surface area (Å²) in [6.45, 7) is 6.04. The van der Waals surface area contributed by atoms with Gasteiger partial charge >= 0.3 is 5.97 Å². The molecule has 0 saturated carbocycles. The molecule has 0 spiro atoms. The topological polar surface area (TPSA) is 65.2 Å². The summed E-state index contributed by atoms with van der Waals surface area (Å²) in [6.07, 6.45) is 0. The van der Waals surface area contributed by atoms with Crippen LogP contribution in [-0.2, 0) is 11.3 Å². The van der Waals surface area contributed by atoms with Gasteiger partial charge in [-0.1, -0.05) is 6.07 Å². The van der Waals surface area contributed by atoms with E-state index in [4.69, 9.17) is 10.5 Å². The van der Waals surface area contributed by atoms with E-state index in [1.807, 2.05) is 26.8 Å². The molecule has 1 heterocycles. The standard InChI is InChI=1S/C14H16N2O2S/c1-8-4-5-11(6-12(8)15)14(17)18-7-13-16-9(2)10(3)19-13/h4-6H,7,15H2,1-3H3. The van der Waals surface area contributed by atoms with Crippen molar-refractivity contribution in [1.82, 2.24) is 4.98 Å². The van der Waals surface area contributed by atoms with Gasteiger partial charge in [0.25, 0.3) is 0 Å². The number of hydrogen-bond acceptors (Lipinski definition) is 5. The maximum atomic E-state index is 11.9. The molecule has 0 atom stereocenters. The number of esters is 1. The molecule has 0 bridgehead atoms. The summed E-state index contributed by atoms with van der Waals surface area (Å²) in [5.41, 5.74) is 8.76. The number of carbonyl (C=O) groups excluding carboxylic acids is 1. The fourth-order valence-corrected chi connectivity index (χ4v) is 2.43. The van der Waals surface area contributed by atoms with Crippen LogP contribution < -0.4 is 5.73 Å². The van der Waals surface area contributed by atoms with E-state index in [9.17, 15) is 4.79 Å². The summed E-state index contributed by atoms with van der Waals surface area (Å²) in [5, 5.41) is 0.809. The van der Waals surface area contributed by atoms with Gasteiger partial charge in [0.2, 0.25) is 0 Å². The summed E-state index contributed by atoms with van der Waals surface area (Å²) < 4.78 is 5.23. The van der Waals surface area contributed by atoms with Crippen LogP contribution in [0.15, 0.2) is 18.2 Å². The van der Waals surface area contributed by atoms with E-state index in [-0.39, 0.29) is 12.6 Å². The van der Waals surface area contributed by atoms with Gasteiger partial charge in [-0.3, -0.25) is 0 Å². The van der Waals surface area contributed by atoms with Gasteiger partial charge < -0.3 is 10.5 Å². The van der Waals surface area contributed by atoms with Crippen molar-refractivity contribution >= 4 is 23.0 Å². The van der Waals surface area contributed by atoms with Gasteiger partial charge in [-0.2, -0.15) is 0 Å². The van der Waals surface area contributed by atoms with Crippen LogP contribution in [0, 0.1) is 20.8 Å². The van der Waals surface area contributed by atoms with Crippen molar-refractivity contribution < 1.29 is 9.53 Å². The van der Waals surface area contributed by atoms with Gasteiger partial charge in [0.15, 0.2) is 0 Å². The highest BCUT2D eigenvalue weighted by Gasteiger charge is 2.10. The number of aromatic nitrogens is 1. The Labute approximate surface area is 116 Å². The van der Waals surface area contributed by atoms with Crippen molar-refractivity contribution in [1.29, 1.82) is 0 Å². The first-order chi connectivity index (χ1) is 8.97. The van der Waals surface area contributed by atoms with Crippen LogP contribution in [0.1, 0.15) is 31.5 Å². The molecule has 1 aromatic carbocycles. The van der Waals surface area contributed by atoms with Crippen molar-refractivity contribution in [2.75, 3.05) is 5.73 Å². The molecule has 0 aliphatic heterocycles. The van der Waals surface area contributed by atoms with Crippen LogP contribution in [0.4, 0.5) is 5.69 Å². The number of anilines is 1. The quantitative estimate of drug-likeness (QED) is 0.691. The van der Waals surface area contributed by atoms with Crippen molar-refractivity contribution in [3.05, 3.63) is 44.9 Å². The van der Waals surface area contributed by atoms with Crippen molar-refractivity contribution in [2.24, 2.45) is 0 Å². The Hall–Kier alpha value is -1.88. The monoisotopic (exact) mass is 276 g/mol. The van der Waals surface area contributed by atoms with Gasteiger partial charge in [-0.05, 0) is 38.5 Å². The van der Waals surface area contributed by atoms with E-state index >= 15 is 0 Å². The minimum absolute atomic E-state index is 0.200. The Balaban J connectivity index is 2.03. The van der Waals surface area contributed by atoms with E-state index in [0.717, 1.165) is 21.1 Å². The molecule has 0 saturated heterocycles. The van der Waals surface area contributed by atoms with Crippen molar-refractivity contribution in [3.63, 3.8) is 0 Å². The van der Waals surface area contributed by atoms with Gasteiger partial charge in [-0.25, -0.2) is 9.78 Å². The molecule has 0 radical (unpaired) electrons. The fraction of sp³-hybridized carbons (Fsp3) is 0.286. The molecule has 2 aromatic rings. The molecule has 0 amide bonds. The molecule has 0 aliphatic rings. The number of hydrogen-bond donors (Lipinski definition) is 1. The number of nitrogen functional groups attached to an aromatic ring is 1. The van der Waals surface area contributed by atoms with Crippen molar-refractivity contribution in [2.45, 2.75) is 27.4 Å². The summed E-state index contributed by atoms with van der Waals surface area (Å²) in [5.74, 6) is -0.378. The number of nitrogens with zero attached hydrogens (tertiary/aromatic N) is 1. The zero-order chi connectivity index (χ0) is 14.0. The maximum absolute atomic E-state index is 11.9. The third kappa shape index (κ3) is 3.12. The molecule has 5 heteroatoms. The smallest absolute Gasteiger partial charge is 0.338 e. The normalized spacial score (nSPS) is 10.5. The first-order valence-corrected chi connectivity index (χ1v) is 6.75. The summed E-state index contributed by atoms with van der Waals surface area (Å²) in [6, 6.07) is 5.16. The number of nitrogens with two attached hydrogens (primary N) is 1. The number of benzene rings is 1. The Kier molecular flexibility index (Phi) is 3.85. The van der Waals surface area contributed by atoms with E-state index in [0.29, 0.717) is 11.3 Å². The third-order valence-corrected chi connectivity index (χ3v) is 3.96. The molecule has 0 fully saturated rings.